The predicted octanol–water partition coefficient (Wildman–Crippen LogP) is 3.62. The number of esters is 1. The number of carboxylic acids is 1. The van der Waals surface area contributed by atoms with Crippen molar-refractivity contribution in [1.29, 1.82) is 0 Å². The number of hydrogen-bond acceptors (Lipinski definition) is 7. The molecule has 0 saturated carbocycles. The first-order chi connectivity index (χ1) is 10.4. The van der Waals surface area contributed by atoms with Crippen LogP contribution in [0.15, 0.2) is 23.1 Å². The van der Waals surface area contributed by atoms with Gasteiger partial charge in [-0.25, -0.2) is 4.79 Å². The van der Waals surface area contributed by atoms with Gasteiger partial charge in [-0.05, 0) is 12.1 Å². The summed E-state index contributed by atoms with van der Waals surface area (Å²) in [6.45, 7) is 5.57. The predicted molar refractivity (Wildman–Crippen MR) is 86.4 cm³/mol. The van der Waals surface area contributed by atoms with Gasteiger partial charge in [0.25, 0.3) is 5.69 Å². The quantitative estimate of drug-likeness (QED) is 0.262. The Morgan fingerprint density at radius 2 is 2.00 bits per heavy atom. The number of hydrogen-bond donors (Lipinski definition) is 1. The zero-order chi connectivity index (χ0) is 17.1. The number of rotatable bonds is 7. The van der Waals surface area contributed by atoms with Crippen LogP contribution in [0.3, 0.4) is 0 Å². The van der Waals surface area contributed by atoms with E-state index in [1.165, 1.54) is 46.7 Å². The minimum absolute atomic E-state index is 0.256. The molecule has 22 heavy (non-hydrogen) atoms. The largest absolute Gasteiger partial charge is 0.477 e. The van der Waals surface area contributed by atoms with Gasteiger partial charge in [0.05, 0.1) is 4.92 Å². The number of benzene rings is 1. The zero-order valence-electron chi connectivity index (χ0n) is 12.4. The van der Waals surface area contributed by atoms with Crippen molar-refractivity contribution in [2.24, 2.45) is 0 Å². The SMILES string of the molecule is CC.CC(=O)OCCSSc1ccc([N+](=O)[O-])c(C(=O)O)c1. The van der Waals surface area contributed by atoms with Crippen LogP contribution in [-0.4, -0.2) is 34.3 Å². The molecule has 0 aromatic heterocycles. The minimum atomic E-state index is -1.34. The molecule has 7 nitrogen and oxygen atoms in total. The van der Waals surface area contributed by atoms with E-state index in [2.05, 4.69) is 0 Å². The fourth-order valence-corrected chi connectivity index (χ4v) is 3.06. The van der Waals surface area contributed by atoms with Gasteiger partial charge in [-0.2, -0.15) is 0 Å². The number of ether oxygens (including phenoxy) is 1. The van der Waals surface area contributed by atoms with E-state index in [9.17, 15) is 19.7 Å². The Kier molecular flexibility index (Phi) is 10.0. The Morgan fingerprint density at radius 3 is 2.50 bits per heavy atom. The molecule has 0 unspecified atom stereocenters. The molecule has 0 aliphatic heterocycles. The normalized spacial score (nSPS) is 9.41. The molecule has 0 spiro atoms. The topological polar surface area (TPSA) is 107 Å². The molecule has 0 heterocycles. The lowest BCUT2D eigenvalue weighted by Crippen LogP contribution is -2.02. The van der Waals surface area contributed by atoms with Gasteiger partial charge in [0.1, 0.15) is 12.2 Å². The third-order valence-electron chi connectivity index (χ3n) is 2.02. The van der Waals surface area contributed by atoms with Crippen molar-refractivity contribution < 1.29 is 24.4 Å². The van der Waals surface area contributed by atoms with Crippen LogP contribution < -0.4 is 0 Å². The second-order valence-corrected chi connectivity index (χ2v) is 5.98. The fraction of sp³-hybridized carbons (Fsp3) is 0.385. The molecule has 0 atom stereocenters. The van der Waals surface area contributed by atoms with Gasteiger partial charge in [0.15, 0.2) is 0 Å². The molecule has 1 aromatic carbocycles. The van der Waals surface area contributed by atoms with Gasteiger partial charge in [-0.3, -0.25) is 14.9 Å². The molecule has 9 heteroatoms. The molecular weight excluding hydrogens is 330 g/mol. The first-order valence-corrected chi connectivity index (χ1v) is 8.68. The molecule has 1 N–H and O–H groups in total. The monoisotopic (exact) mass is 347 g/mol. The number of carbonyl (C=O) groups excluding carboxylic acids is 1. The summed E-state index contributed by atoms with van der Waals surface area (Å²) in [5.41, 5.74) is -0.785. The van der Waals surface area contributed by atoms with Gasteiger partial charge in [0.2, 0.25) is 0 Å². The van der Waals surface area contributed by atoms with Crippen molar-refractivity contribution in [3.63, 3.8) is 0 Å². The van der Waals surface area contributed by atoms with E-state index in [1.807, 2.05) is 13.8 Å². The maximum Gasteiger partial charge on any atom is 0.342 e. The third kappa shape index (κ3) is 7.32. The lowest BCUT2D eigenvalue weighted by atomic mass is 10.2. The first kappa shape index (κ1) is 20.3. The van der Waals surface area contributed by atoms with Crippen LogP contribution in [0.25, 0.3) is 0 Å². The smallest absolute Gasteiger partial charge is 0.342 e. The number of aromatic carboxylic acids is 1. The average molecular weight is 347 g/mol. The molecule has 0 fully saturated rings. The standard InChI is InChI=1S/C11H11NO6S2.C2H6/c1-7(13)18-4-5-19-20-8-2-3-10(12(16)17)9(6-8)11(14)15;1-2/h2-3,6H,4-5H2,1H3,(H,14,15);1-2H3. The minimum Gasteiger partial charge on any atom is -0.477 e. The molecule has 0 radical (unpaired) electrons. The second kappa shape index (κ2) is 10.9. The Labute approximate surface area is 136 Å². The summed E-state index contributed by atoms with van der Waals surface area (Å²) in [5.74, 6) is -1.17. The highest BCUT2D eigenvalue weighted by atomic mass is 33.1. The summed E-state index contributed by atoms with van der Waals surface area (Å²) < 4.78 is 4.74. The molecule has 0 aliphatic rings. The number of nitro benzene ring substituents is 1. The maximum atomic E-state index is 11.0. The summed E-state index contributed by atoms with van der Waals surface area (Å²) >= 11 is 0. The molecule has 0 aliphatic carbocycles. The van der Waals surface area contributed by atoms with Crippen LogP contribution in [0.2, 0.25) is 0 Å². The van der Waals surface area contributed by atoms with Crippen molar-refractivity contribution in [2.75, 3.05) is 12.4 Å². The van der Waals surface area contributed by atoms with E-state index in [1.54, 1.807) is 0 Å². The lowest BCUT2D eigenvalue weighted by Gasteiger charge is -2.04. The van der Waals surface area contributed by atoms with E-state index in [0.29, 0.717) is 10.6 Å². The number of nitro groups is 1. The Morgan fingerprint density at radius 1 is 1.36 bits per heavy atom. The molecule has 122 valence electrons. The van der Waals surface area contributed by atoms with Gasteiger partial charge in [-0.1, -0.05) is 35.4 Å². The van der Waals surface area contributed by atoms with Gasteiger partial charge in [-0.15, -0.1) is 0 Å². The summed E-state index contributed by atoms with van der Waals surface area (Å²) in [7, 11) is 2.62. The van der Waals surface area contributed by atoms with Gasteiger partial charge in [0, 0.05) is 23.6 Å². The Balaban J connectivity index is 0.00000211. The molecule has 1 aromatic rings. The van der Waals surface area contributed by atoms with Crippen LogP contribution in [0.5, 0.6) is 0 Å². The Bertz CT molecular complexity index is 535. The molecule has 1 rings (SSSR count). The summed E-state index contributed by atoms with van der Waals surface area (Å²) in [6.07, 6.45) is 0. The third-order valence-corrected chi connectivity index (χ3v) is 4.35. The number of carbonyl (C=O) groups is 2. The molecule has 0 bridgehead atoms. The van der Waals surface area contributed by atoms with E-state index in [4.69, 9.17) is 9.84 Å². The summed E-state index contributed by atoms with van der Waals surface area (Å²) in [4.78, 5) is 32.0. The summed E-state index contributed by atoms with van der Waals surface area (Å²) in [6, 6.07) is 3.90. The fourth-order valence-electron chi connectivity index (χ4n) is 1.23. The first-order valence-electron chi connectivity index (χ1n) is 6.36. The van der Waals surface area contributed by atoms with Crippen LogP contribution in [-0.2, 0) is 9.53 Å². The molecular formula is C13H17NO6S2. The highest BCUT2D eigenvalue weighted by Gasteiger charge is 2.20. The van der Waals surface area contributed by atoms with Crippen molar-refractivity contribution in [3.05, 3.63) is 33.9 Å². The van der Waals surface area contributed by atoms with Crippen molar-refractivity contribution in [3.8, 4) is 0 Å². The zero-order valence-corrected chi connectivity index (χ0v) is 14.0. The Hall–Kier alpha value is -1.74. The number of carboxylic acid groups (broad SMARTS) is 1. The second-order valence-electron chi connectivity index (χ2n) is 3.49. The molecule has 0 saturated heterocycles. The van der Waals surface area contributed by atoms with Gasteiger partial charge >= 0.3 is 11.9 Å². The van der Waals surface area contributed by atoms with E-state index in [0.717, 1.165) is 0 Å². The number of nitrogens with zero attached hydrogens (tertiary/aromatic N) is 1. The van der Waals surface area contributed by atoms with Crippen molar-refractivity contribution in [2.45, 2.75) is 25.7 Å². The van der Waals surface area contributed by atoms with Crippen molar-refractivity contribution in [1.82, 2.24) is 0 Å². The highest BCUT2D eigenvalue weighted by molar-refractivity contribution is 8.76. The average Bonchev–Trinajstić information content (AvgIpc) is 2.48. The van der Waals surface area contributed by atoms with Crippen LogP contribution >= 0.6 is 21.6 Å². The van der Waals surface area contributed by atoms with Crippen LogP contribution in [0.4, 0.5) is 5.69 Å². The highest BCUT2D eigenvalue weighted by Crippen LogP contribution is 2.33. The molecule has 0 amide bonds. The van der Waals surface area contributed by atoms with E-state index >= 15 is 0 Å². The lowest BCUT2D eigenvalue weighted by molar-refractivity contribution is -0.385. The maximum absolute atomic E-state index is 11.0. The van der Waals surface area contributed by atoms with Crippen LogP contribution in [0.1, 0.15) is 31.1 Å². The van der Waals surface area contributed by atoms with Crippen LogP contribution in [0, 0.1) is 10.1 Å². The van der Waals surface area contributed by atoms with Crippen molar-refractivity contribution >= 4 is 39.2 Å². The van der Waals surface area contributed by atoms with Gasteiger partial charge < -0.3 is 9.84 Å². The van der Waals surface area contributed by atoms with E-state index < -0.39 is 16.6 Å². The van der Waals surface area contributed by atoms with E-state index in [-0.39, 0.29) is 18.1 Å². The summed E-state index contributed by atoms with van der Waals surface area (Å²) in [5, 5.41) is 19.6.